The summed E-state index contributed by atoms with van der Waals surface area (Å²) >= 11 is 0. The van der Waals surface area contributed by atoms with Crippen LogP contribution in [0.25, 0.3) is 0 Å². The predicted molar refractivity (Wildman–Crippen MR) is 88.6 cm³/mol. The number of carbonyl (C=O) groups excluding carboxylic acids is 1. The third kappa shape index (κ3) is 4.63. The SMILES string of the molecule is CC(C)(C)OC(=O)NC(c1ccccc1N)C1CCNCC1. The summed E-state index contributed by atoms with van der Waals surface area (Å²) in [7, 11) is 0. The molecule has 4 N–H and O–H groups in total. The molecule has 0 aliphatic carbocycles. The second kappa shape index (κ2) is 7.01. The van der Waals surface area contributed by atoms with Gasteiger partial charge in [0.2, 0.25) is 0 Å². The lowest BCUT2D eigenvalue weighted by molar-refractivity contribution is 0.0478. The van der Waals surface area contributed by atoms with Gasteiger partial charge in [-0.25, -0.2) is 4.79 Å². The second-order valence-corrected chi connectivity index (χ2v) is 6.84. The van der Waals surface area contributed by atoms with Crippen LogP contribution in [0.15, 0.2) is 24.3 Å². The normalized spacial score (nSPS) is 17.8. The number of alkyl carbamates (subject to hydrolysis) is 1. The van der Waals surface area contributed by atoms with Crippen LogP contribution in [0.2, 0.25) is 0 Å². The van der Waals surface area contributed by atoms with E-state index in [1.165, 1.54) is 0 Å². The van der Waals surface area contributed by atoms with Crippen LogP contribution in [-0.4, -0.2) is 24.8 Å². The number of nitrogens with one attached hydrogen (secondary N) is 2. The van der Waals surface area contributed by atoms with E-state index < -0.39 is 5.60 Å². The summed E-state index contributed by atoms with van der Waals surface area (Å²) in [5, 5.41) is 6.38. The minimum Gasteiger partial charge on any atom is -0.444 e. The lowest BCUT2D eigenvalue weighted by Crippen LogP contribution is -2.41. The van der Waals surface area contributed by atoms with E-state index in [1.54, 1.807) is 0 Å². The summed E-state index contributed by atoms with van der Waals surface area (Å²) in [6.45, 7) is 7.52. The fraction of sp³-hybridized carbons (Fsp3) is 0.588. The number of piperidine rings is 1. The highest BCUT2D eigenvalue weighted by molar-refractivity contribution is 5.69. The van der Waals surface area contributed by atoms with E-state index in [4.69, 9.17) is 10.5 Å². The Labute approximate surface area is 132 Å². The molecule has 1 aliphatic heterocycles. The largest absolute Gasteiger partial charge is 0.444 e. The monoisotopic (exact) mass is 305 g/mol. The first-order valence-electron chi connectivity index (χ1n) is 7.91. The number of hydrogen-bond acceptors (Lipinski definition) is 4. The number of para-hydroxylation sites is 1. The summed E-state index contributed by atoms with van der Waals surface area (Å²) in [6.07, 6.45) is 1.63. The van der Waals surface area contributed by atoms with Gasteiger partial charge >= 0.3 is 6.09 Å². The molecule has 1 aliphatic rings. The standard InChI is InChI=1S/C17H27N3O2/c1-17(2,3)22-16(21)20-15(12-8-10-19-11-9-12)13-6-4-5-7-14(13)18/h4-7,12,15,19H,8-11,18H2,1-3H3,(H,20,21). The van der Waals surface area contributed by atoms with Crippen molar-refractivity contribution in [1.29, 1.82) is 0 Å². The van der Waals surface area contributed by atoms with Gasteiger partial charge in [0.05, 0.1) is 6.04 Å². The smallest absolute Gasteiger partial charge is 0.408 e. The van der Waals surface area contributed by atoms with Crippen molar-refractivity contribution < 1.29 is 9.53 Å². The lowest BCUT2D eigenvalue weighted by atomic mass is 9.85. The van der Waals surface area contributed by atoms with Gasteiger partial charge in [-0.1, -0.05) is 18.2 Å². The molecule has 0 spiro atoms. The zero-order chi connectivity index (χ0) is 16.2. The van der Waals surface area contributed by atoms with Crippen molar-refractivity contribution in [2.45, 2.75) is 45.3 Å². The third-order valence-electron chi connectivity index (χ3n) is 3.86. The molecule has 1 fully saturated rings. The van der Waals surface area contributed by atoms with Crippen molar-refractivity contribution in [2.75, 3.05) is 18.8 Å². The van der Waals surface area contributed by atoms with E-state index in [-0.39, 0.29) is 12.1 Å². The number of carbonyl (C=O) groups is 1. The van der Waals surface area contributed by atoms with E-state index in [9.17, 15) is 4.79 Å². The Morgan fingerprint density at radius 2 is 1.95 bits per heavy atom. The first kappa shape index (κ1) is 16.6. The Morgan fingerprint density at radius 3 is 2.55 bits per heavy atom. The van der Waals surface area contributed by atoms with Gasteiger partial charge < -0.3 is 21.1 Å². The van der Waals surface area contributed by atoms with Crippen molar-refractivity contribution in [1.82, 2.24) is 10.6 Å². The van der Waals surface area contributed by atoms with E-state index in [0.29, 0.717) is 11.6 Å². The van der Waals surface area contributed by atoms with Crippen LogP contribution < -0.4 is 16.4 Å². The van der Waals surface area contributed by atoms with Crippen LogP contribution >= 0.6 is 0 Å². The zero-order valence-corrected chi connectivity index (χ0v) is 13.7. The minimum absolute atomic E-state index is 0.113. The highest BCUT2D eigenvalue weighted by atomic mass is 16.6. The summed E-state index contributed by atoms with van der Waals surface area (Å²) in [5.74, 6) is 0.360. The van der Waals surface area contributed by atoms with Crippen molar-refractivity contribution in [3.8, 4) is 0 Å². The minimum atomic E-state index is -0.509. The molecule has 1 atom stereocenters. The quantitative estimate of drug-likeness (QED) is 0.751. The van der Waals surface area contributed by atoms with Crippen LogP contribution in [0.5, 0.6) is 0 Å². The first-order valence-corrected chi connectivity index (χ1v) is 7.91. The van der Waals surface area contributed by atoms with E-state index in [1.807, 2.05) is 45.0 Å². The molecule has 0 bridgehead atoms. The fourth-order valence-electron chi connectivity index (χ4n) is 2.86. The first-order chi connectivity index (χ1) is 10.4. The summed E-state index contributed by atoms with van der Waals surface area (Å²) in [6, 6.07) is 7.61. The van der Waals surface area contributed by atoms with Crippen LogP contribution in [0.4, 0.5) is 10.5 Å². The van der Waals surface area contributed by atoms with E-state index in [0.717, 1.165) is 31.5 Å². The van der Waals surface area contributed by atoms with Crippen LogP contribution in [0.3, 0.4) is 0 Å². The number of rotatable bonds is 3. The summed E-state index contributed by atoms with van der Waals surface area (Å²) in [4.78, 5) is 12.2. The number of amides is 1. The highest BCUT2D eigenvalue weighted by Crippen LogP contribution is 2.32. The van der Waals surface area contributed by atoms with Gasteiger partial charge in [0, 0.05) is 5.69 Å². The average molecular weight is 305 g/mol. The molecule has 122 valence electrons. The lowest BCUT2D eigenvalue weighted by Gasteiger charge is -2.33. The predicted octanol–water partition coefficient (Wildman–Crippen LogP) is 2.83. The molecule has 1 saturated heterocycles. The molecule has 1 unspecified atom stereocenters. The Bertz CT molecular complexity index is 505. The molecule has 1 heterocycles. The van der Waals surface area contributed by atoms with E-state index >= 15 is 0 Å². The van der Waals surface area contributed by atoms with E-state index in [2.05, 4.69) is 10.6 Å². The Hall–Kier alpha value is -1.75. The van der Waals surface area contributed by atoms with Gasteiger partial charge in [0.1, 0.15) is 5.60 Å². The van der Waals surface area contributed by atoms with Gasteiger partial charge in [0.15, 0.2) is 0 Å². The molecule has 1 aromatic rings. The third-order valence-corrected chi connectivity index (χ3v) is 3.86. The molecule has 0 saturated carbocycles. The van der Waals surface area contributed by atoms with Crippen LogP contribution in [-0.2, 0) is 4.74 Å². The molecule has 1 aromatic carbocycles. The highest BCUT2D eigenvalue weighted by Gasteiger charge is 2.29. The average Bonchev–Trinajstić information content (AvgIpc) is 2.45. The maximum Gasteiger partial charge on any atom is 0.408 e. The Kier molecular flexibility index (Phi) is 5.29. The van der Waals surface area contributed by atoms with Crippen molar-refractivity contribution in [2.24, 2.45) is 5.92 Å². The summed E-state index contributed by atoms with van der Waals surface area (Å²) < 4.78 is 5.41. The molecule has 0 radical (unpaired) electrons. The van der Waals surface area contributed by atoms with Crippen LogP contribution in [0.1, 0.15) is 45.2 Å². The van der Waals surface area contributed by atoms with Gasteiger partial charge in [0.25, 0.3) is 0 Å². The number of nitrogen functional groups attached to an aromatic ring is 1. The maximum atomic E-state index is 12.2. The van der Waals surface area contributed by atoms with Gasteiger partial charge in [-0.3, -0.25) is 0 Å². The van der Waals surface area contributed by atoms with Gasteiger partial charge in [-0.2, -0.15) is 0 Å². The Balaban J connectivity index is 2.18. The van der Waals surface area contributed by atoms with Gasteiger partial charge in [-0.05, 0) is 64.3 Å². The number of benzene rings is 1. The van der Waals surface area contributed by atoms with Crippen molar-refractivity contribution in [3.63, 3.8) is 0 Å². The van der Waals surface area contributed by atoms with Gasteiger partial charge in [-0.15, -0.1) is 0 Å². The summed E-state index contributed by atoms with van der Waals surface area (Å²) in [5.41, 5.74) is 7.30. The Morgan fingerprint density at radius 1 is 1.32 bits per heavy atom. The molecule has 2 rings (SSSR count). The molecule has 22 heavy (non-hydrogen) atoms. The number of ether oxygens (including phenoxy) is 1. The second-order valence-electron chi connectivity index (χ2n) is 6.84. The van der Waals surface area contributed by atoms with Crippen molar-refractivity contribution in [3.05, 3.63) is 29.8 Å². The number of anilines is 1. The molecule has 5 nitrogen and oxygen atoms in total. The molecule has 5 heteroatoms. The van der Waals surface area contributed by atoms with Crippen molar-refractivity contribution >= 4 is 11.8 Å². The maximum absolute atomic E-state index is 12.2. The molecule has 1 amide bonds. The van der Waals surface area contributed by atoms with Crippen LogP contribution in [0, 0.1) is 5.92 Å². The molecular weight excluding hydrogens is 278 g/mol. The topological polar surface area (TPSA) is 76.4 Å². The number of hydrogen-bond donors (Lipinski definition) is 3. The zero-order valence-electron chi connectivity index (χ0n) is 13.7. The molecular formula is C17H27N3O2. The fourth-order valence-corrected chi connectivity index (χ4v) is 2.86. The molecule has 0 aromatic heterocycles. The number of nitrogens with two attached hydrogens (primary N) is 1.